The third-order valence-corrected chi connectivity index (χ3v) is 3.99. The molecule has 0 radical (unpaired) electrons. The van der Waals surface area contributed by atoms with Gasteiger partial charge in [-0.25, -0.2) is 9.97 Å². The van der Waals surface area contributed by atoms with E-state index in [0.29, 0.717) is 6.54 Å². The highest BCUT2D eigenvalue weighted by Crippen LogP contribution is 2.27. The predicted molar refractivity (Wildman–Crippen MR) is 79.5 cm³/mol. The van der Waals surface area contributed by atoms with Crippen LogP contribution in [0.5, 0.6) is 0 Å². The highest BCUT2D eigenvalue weighted by atomic mass is 15.2. The van der Waals surface area contributed by atoms with Crippen molar-refractivity contribution in [1.82, 2.24) is 14.5 Å². The van der Waals surface area contributed by atoms with E-state index in [-0.39, 0.29) is 0 Å². The number of nitrogens with zero attached hydrogens (tertiary/aromatic N) is 4. The minimum absolute atomic E-state index is 0.528. The van der Waals surface area contributed by atoms with E-state index in [1.54, 1.807) is 0 Å². The molecule has 5 heteroatoms. The molecule has 1 aliphatic carbocycles. The van der Waals surface area contributed by atoms with Gasteiger partial charge in [-0.3, -0.25) is 0 Å². The highest BCUT2D eigenvalue weighted by molar-refractivity contribution is 5.50. The molecule has 0 aliphatic heterocycles. The molecular weight excluding hydrogens is 250 g/mol. The van der Waals surface area contributed by atoms with Crippen molar-refractivity contribution < 1.29 is 0 Å². The van der Waals surface area contributed by atoms with Gasteiger partial charge in [-0.2, -0.15) is 0 Å². The maximum absolute atomic E-state index is 5.90. The molecule has 0 fully saturated rings. The van der Waals surface area contributed by atoms with Gasteiger partial charge in [0.2, 0.25) is 0 Å². The largest absolute Gasteiger partial charge is 0.352 e. The molecule has 3 rings (SSSR count). The lowest BCUT2D eigenvalue weighted by molar-refractivity contribution is 0.749. The van der Waals surface area contributed by atoms with E-state index in [0.717, 1.165) is 36.6 Å². The first-order valence-corrected chi connectivity index (χ1v) is 7.08. The van der Waals surface area contributed by atoms with E-state index in [2.05, 4.69) is 23.0 Å². The summed E-state index contributed by atoms with van der Waals surface area (Å²) in [7, 11) is 4.06. The fraction of sp³-hybridized carbons (Fsp3) is 0.467. The zero-order valence-electron chi connectivity index (χ0n) is 12.1. The second-order valence-electron chi connectivity index (χ2n) is 5.45. The summed E-state index contributed by atoms with van der Waals surface area (Å²) in [6, 6.07) is 2.24. The lowest BCUT2D eigenvalue weighted by Gasteiger charge is -2.21. The number of rotatable bonds is 4. The molecule has 2 heterocycles. The molecule has 2 aromatic rings. The normalized spacial score (nSPS) is 13.6. The number of hydrogen-bond donors (Lipinski definition) is 1. The van der Waals surface area contributed by atoms with Crippen molar-refractivity contribution in [2.45, 2.75) is 32.4 Å². The Morgan fingerprint density at radius 1 is 1.40 bits per heavy atom. The quantitative estimate of drug-likeness (QED) is 0.913. The maximum atomic E-state index is 5.90. The van der Waals surface area contributed by atoms with Crippen LogP contribution in [-0.2, 0) is 33.0 Å². The van der Waals surface area contributed by atoms with Gasteiger partial charge in [-0.1, -0.05) is 0 Å². The van der Waals surface area contributed by atoms with Crippen LogP contribution in [0.25, 0.3) is 0 Å². The monoisotopic (exact) mass is 271 g/mol. The minimum atomic E-state index is 0.528. The van der Waals surface area contributed by atoms with E-state index < -0.39 is 0 Å². The Kier molecular flexibility index (Phi) is 3.44. The van der Waals surface area contributed by atoms with E-state index >= 15 is 0 Å². The Morgan fingerprint density at radius 2 is 2.25 bits per heavy atom. The first-order valence-electron chi connectivity index (χ1n) is 7.08. The maximum Gasteiger partial charge on any atom is 0.133 e. The van der Waals surface area contributed by atoms with Crippen molar-refractivity contribution in [3.63, 3.8) is 0 Å². The van der Waals surface area contributed by atoms with Crippen molar-refractivity contribution >= 4 is 5.82 Å². The molecule has 106 valence electrons. The highest BCUT2D eigenvalue weighted by Gasteiger charge is 2.18. The average Bonchev–Trinajstić information content (AvgIpc) is 3.06. The van der Waals surface area contributed by atoms with Gasteiger partial charge in [-0.05, 0) is 30.9 Å². The third kappa shape index (κ3) is 2.29. The zero-order valence-corrected chi connectivity index (χ0v) is 12.1. The molecule has 5 nitrogen and oxygen atoms in total. The minimum Gasteiger partial charge on any atom is -0.352 e. The first-order chi connectivity index (χ1) is 9.69. The van der Waals surface area contributed by atoms with Crippen LogP contribution in [0.15, 0.2) is 18.5 Å². The van der Waals surface area contributed by atoms with Gasteiger partial charge in [0.05, 0.1) is 6.54 Å². The molecule has 0 bridgehead atoms. The Hall–Kier alpha value is -1.88. The van der Waals surface area contributed by atoms with E-state index in [9.17, 15) is 0 Å². The number of pyridine rings is 1. The molecule has 0 aromatic carbocycles. The van der Waals surface area contributed by atoms with Crippen LogP contribution in [0.4, 0.5) is 5.82 Å². The van der Waals surface area contributed by atoms with Crippen molar-refractivity contribution in [1.29, 1.82) is 0 Å². The molecule has 2 aromatic heterocycles. The summed E-state index contributed by atoms with van der Waals surface area (Å²) in [5.41, 5.74) is 9.64. The summed E-state index contributed by atoms with van der Waals surface area (Å²) in [5, 5.41) is 0. The molecule has 2 N–H and O–H groups in total. The molecule has 1 aliphatic rings. The second-order valence-corrected chi connectivity index (χ2v) is 5.45. The van der Waals surface area contributed by atoms with Gasteiger partial charge >= 0.3 is 0 Å². The van der Waals surface area contributed by atoms with Crippen molar-refractivity contribution in [2.24, 2.45) is 12.8 Å². The van der Waals surface area contributed by atoms with Crippen LogP contribution < -0.4 is 10.6 Å². The van der Waals surface area contributed by atoms with Gasteiger partial charge < -0.3 is 15.2 Å². The van der Waals surface area contributed by atoms with Crippen LogP contribution in [0.3, 0.4) is 0 Å². The summed E-state index contributed by atoms with van der Waals surface area (Å²) < 4.78 is 2.03. The fourth-order valence-electron chi connectivity index (χ4n) is 2.83. The Labute approximate surface area is 119 Å². The van der Waals surface area contributed by atoms with Gasteiger partial charge in [0, 0.05) is 44.3 Å². The lowest BCUT2D eigenvalue weighted by atomic mass is 10.1. The zero-order chi connectivity index (χ0) is 14.1. The van der Waals surface area contributed by atoms with Crippen LogP contribution >= 0.6 is 0 Å². The summed E-state index contributed by atoms with van der Waals surface area (Å²) in [6.07, 6.45) is 7.22. The van der Waals surface area contributed by atoms with E-state index in [4.69, 9.17) is 10.7 Å². The predicted octanol–water partition coefficient (Wildman–Crippen LogP) is 1.40. The molecule has 0 unspecified atom stereocenters. The van der Waals surface area contributed by atoms with E-state index in [1.165, 1.54) is 17.7 Å². The van der Waals surface area contributed by atoms with Crippen molar-refractivity contribution in [2.75, 3.05) is 11.9 Å². The van der Waals surface area contributed by atoms with Gasteiger partial charge in [0.15, 0.2) is 0 Å². The molecule has 0 saturated heterocycles. The number of fused-ring (bicyclic) bond motifs is 1. The number of aromatic nitrogens is 3. The van der Waals surface area contributed by atoms with Crippen molar-refractivity contribution in [3.05, 3.63) is 41.1 Å². The molecule has 0 atom stereocenters. The van der Waals surface area contributed by atoms with Crippen LogP contribution in [0.2, 0.25) is 0 Å². The Bertz CT molecular complexity index is 617. The second kappa shape index (κ2) is 5.25. The van der Waals surface area contributed by atoms with Crippen molar-refractivity contribution in [3.8, 4) is 0 Å². The van der Waals surface area contributed by atoms with Crippen LogP contribution in [0, 0.1) is 0 Å². The molecular formula is C15H21N5. The SMILES string of the molecule is CN(Cc1nccn1C)c1nc2c(cc1CN)CCC2. The Morgan fingerprint density at radius 3 is 2.95 bits per heavy atom. The Balaban J connectivity index is 1.90. The molecule has 0 amide bonds. The molecule has 0 saturated carbocycles. The number of hydrogen-bond acceptors (Lipinski definition) is 4. The van der Waals surface area contributed by atoms with Crippen LogP contribution in [-0.4, -0.2) is 21.6 Å². The van der Waals surface area contributed by atoms with Gasteiger partial charge in [-0.15, -0.1) is 0 Å². The third-order valence-electron chi connectivity index (χ3n) is 3.99. The smallest absolute Gasteiger partial charge is 0.133 e. The number of aryl methyl sites for hydroxylation is 3. The molecule has 20 heavy (non-hydrogen) atoms. The van der Waals surface area contributed by atoms with E-state index in [1.807, 2.05) is 24.0 Å². The first kappa shape index (κ1) is 13.1. The van der Waals surface area contributed by atoms with Gasteiger partial charge in [0.1, 0.15) is 11.6 Å². The summed E-state index contributed by atoms with van der Waals surface area (Å²) in [6.45, 7) is 1.27. The lowest BCUT2D eigenvalue weighted by Crippen LogP contribution is -2.23. The number of imidazole rings is 1. The summed E-state index contributed by atoms with van der Waals surface area (Å²) >= 11 is 0. The standard InChI is InChI=1S/C15H21N5/c1-19-7-6-17-14(19)10-20(2)15-12(9-16)8-11-4-3-5-13(11)18-15/h6-8H,3-5,9-10,16H2,1-2H3. The van der Waals surface area contributed by atoms with Gasteiger partial charge in [0.25, 0.3) is 0 Å². The van der Waals surface area contributed by atoms with Crippen LogP contribution in [0.1, 0.15) is 29.1 Å². The average molecular weight is 271 g/mol. The molecule has 0 spiro atoms. The number of nitrogens with two attached hydrogens (primary N) is 1. The summed E-state index contributed by atoms with van der Waals surface area (Å²) in [4.78, 5) is 11.4. The summed E-state index contributed by atoms with van der Waals surface area (Å²) in [5.74, 6) is 2.02. The topological polar surface area (TPSA) is 60.0 Å². The number of anilines is 1. The fourth-order valence-corrected chi connectivity index (χ4v) is 2.83.